The van der Waals surface area contributed by atoms with Gasteiger partial charge < -0.3 is 15.7 Å². The van der Waals surface area contributed by atoms with Gasteiger partial charge in [0.05, 0.1) is 16.4 Å². The average molecular weight is 241 g/mol. The number of nitrogens with zero attached hydrogens (tertiary/aromatic N) is 1. The van der Waals surface area contributed by atoms with Crippen molar-refractivity contribution in [3.05, 3.63) is 23.2 Å². The first-order valence-corrected chi connectivity index (χ1v) is 6.00. The van der Waals surface area contributed by atoms with Crippen LogP contribution in [0.25, 0.3) is 0 Å². The average Bonchev–Trinajstić information content (AvgIpc) is 2.33. The molecule has 0 radical (unpaired) electrons. The second-order valence-corrected chi connectivity index (χ2v) is 4.69. The van der Waals surface area contributed by atoms with Crippen molar-refractivity contribution in [1.82, 2.24) is 0 Å². The van der Waals surface area contributed by atoms with E-state index in [1.807, 2.05) is 12.1 Å². The highest BCUT2D eigenvalue weighted by Gasteiger charge is 2.20. The molecule has 88 valence electrons. The summed E-state index contributed by atoms with van der Waals surface area (Å²) < 4.78 is 0. The smallest absolute Gasteiger partial charge is 0.0741 e. The van der Waals surface area contributed by atoms with Crippen molar-refractivity contribution in [3.63, 3.8) is 0 Å². The first kappa shape index (κ1) is 11.6. The Labute approximate surface area is 101 Å². The fourth-order valence-corrected chi connectivity index (χ4v) is 2.33. The molecule has 2 rings (SSSR count). The molecule has 1 saturated heterocycles. The standard InChI is InChI=1S/C12H17ClN2O/c13-10-2-1-3-11(12(10)14)15-6-4-9(8-16)5-7-15/h1-3,9,16H,4-8,14H2. The van der Waals surface area contributed by atoms with E-state index in [-0.39, 0.29) is 0 Å². The Hall–Kier alpha value is -0.930. The third-order valence-corrected chi connectivity index (χ3v) is 3.57. The molecular formula is C12H17ClN2O. The number of hydrogen-bond acceptors (Lipinski definition) is 3. The number of aliphatic hydroxyl groups is 1. The number of anilines is 2. The molecule has 0 amide bonds. The van der Waals surface area contributed by atoms with E-state index in [0.717, 1.165) is 31.6 Å². The number of aliphatic hydroxyl groups excluding tert-OH is 1. The number of hydrogen-bond donors (Lipinski definition) is 2. The Morgan fingerprint density at radius 1 is 1.38 bits per heavy atom. The molecule has 0 unspecified atom stereocenters. The third-order valence-electron chi connectivity index (χ3n) is 3.24. The molecule has 0 aromatic heterocycles. The Balaban J connectivity index is 2.11. The van der Waals surface area contributed by atoms with E-state index in [1.54, 1.807) is 6.07 Å². The zero-order chi connectivity index (χ0) is 11.5. The van der Waals surface area contributed by atoms with Gasteiger partial charge in [-0.05, 0) is 30.9 Å². The van der Waals surface area contributed by atoms with Crippen LogP contribution in [0, 0.1) is 5.92 Å². The molecule has 1 aromatic rings. The predicted molar refractivity (Wildman–Crippen MR) is 67.9 cm³/mol. The SMILES string of the molecule is Nc1c(Cl)cccc1N1CCC(CO)CC1. The van der Waals surface area contributed by atoms with Crippen LogP contribution in [-0.4, -0.2) is 24.8 Å². The zero-order valence-corrected chi connectivity index (χ0v) is 9.95. The fourth-order valence-electron chi connectivity index (χ4n) is 2.16. The van der Waals surface area contributed by atoms with Gasteiger partial charge in [-0.25, -0.2) is 0 Å². The molecule has 4 heteroatoms. The second kappa shape index (κ2) is 4.93. The third kappa shape index (κ3) is 2.25. The van der Waals surface area contributed by atoms with Crippen molar-refractivity contribution in [3.8, 4) is 0 Å². The number of para-hydroxylation sites is 1. The number of benzene rings is 1. The molecule has 3 nitrogen and oxygen atoms in total. The number of piperidine rings is 1. The van der Waals surface area contributed by atoms with Crippen molar-refractivity contribution < 1.29 is 5.11 Å². The highest BCUT2D eigenvalue weighted by Crippen LogP contribution is 2.32. The molecule has 1 heterocycles. The van der Waals surface area contributed by atoms with Crippen molar-refractivity contribution in [1.29, 1.82) is 0 Å². The van der Waals surface area contributed by atoms with Crippen molar-refractivity contribution >= 4 is 23.0 Å². The quantitative estimate of drug-likeness (QED) is 0.779. The van der Waals surface area contributed by atoms with Crippen LogP contribution in [-0.2, 0) is 0 Å². The lowest BCUT2D eigenvalue weighted by atomic mass is 9.97. The maximum Gasteiger partial charge on any atom is 0.0741 e. The van der Waals surface area contributed by atoms with E-state index in [1.165, 1.54) is 0 Å². The van der Waals surface area contributed by atoms with Gasteiger partial charge in [-0.3, -0.25) is 0 Å². The van der Waals surface area contributed by atoms with Crippen molar-refractivity contribution in [2.24, 2.45) is 5.92 Å². The molecule has 0 aliphatic carbocycles. The van der Waals surface area contributed by atoms with Crippen LogP contribution >= 0.6 is 11.6 Å². The monoisotopic (exact) mass is 240 g/mol. The maximum absolute atomic E-state index is 9.08. The number of rotatable bonds is 2. The molecule has 1 aliphatic rings. The normalized spacial score (nSPS) is 17.8. The highest BCUT2D eigenvalue weighted by atomic mass is 35.5. The minimum atomic E-state index is 0.291. The van der Waals surface area contributed by atoms with Crippen LogP contribution in [0.4, 0.5) is 11.4 Å². The van der Waals surface area contributed by atoms with Gasteiger partial charge >= 0.3 is 0 Å². The largest absolute Gasteiger partial charge is 0.396 e. The maximum atomic E-state index is 9.08. The van der Waals surface area contributed by atoms with Crippen molar-refractivity contribution in [2.45, 2.75) is 12.8 Å². The van der Waals surface area contributed by atoms with E-state index in [9.17, 15) is 0 Å². The molecule has 0 spiro atoms. The minimum Gasteiger partial charge on any atom is -0.396 e. The Kier molecular flexibility index (Phi) is 3.56. The van der Waals surface area contributed by atoms with Gasteiger partial charge in [-0.1, -0.05) is 17.7 Å². The summed E-state index contributed by atoms with van der Waals surface area (Å²) in [5.74, 6) is 0.441. The van der Waals surface area contributed by atoms with Crippen LogP contribution in [0.3, 0.4) is 0 Å². The highest BCUT2D eigenvalue weighted by molar-refractivity contribution is 6.33. The molecule has 1 fully saturated rings. The fraction of sp³-hybridized carbons (Fsp3) is 0.500. The van der Waals surface area contributed by atoms with Crippen molar-refractivity contribution in [2.75, 3.05) is 30.3 Å². The van der Waals surface area contributed by atoms with Crippen LogP contribution in [0.5, 0.6) is 0 Å². The number of halogens is 1. The number of nitrogens with two attached hydrogens (primary N) is 1. The molecule has 1 aliphatic heterocycles. The Morgan fingerprint density at radius 3 is 2.69 bits per heavy atom. The lowest BCUT2D eigenvalue weighted by Crippen LogP contribution is -2.35. The van der Waals surface area contributed by atoms with E-state index < -0.39 is 0 Å². The van der Waals surface area contributed by atoms with Gasteiger partial charge in [-0.15, -0.1) is 0 Å². The van der Waals surface area contributed by atoms with Crippen LogP contribution < -0.4 is 10.6 Å². The van der Waals surface area contributed by atoms with Gasteiger partial charge in [0, 0.05) is 19.7 Å². The van der Waals surface area contributed by atoms with Crippen LogP contribution in [0.15, 0.2) is 18.2 Å². The van der Waals surface area contributed by atoms with E-state index in [0.29, 0.717) is 23.2 Å². The summed E-state index contributed by atoms with van der Waals surface area (Å²) in [7, 11) is 0. The van der Waals surface area contributed by atoms with Gasteiger partial charge in [0.1, 0.15) is 0 Å². The van der Waals surface area contributed by atoms with Gasteiger partial charge in [0.2, 0.25) is 0 Å². The molecule has 0 atom stereocenters. The van der Waals surface area contributed by atoms with Crippen LogP contribution in [0.2, 0.25) is 5.02 Å². The molecule has 16 heavy (non-hydrogen) atoms. The molecule has 1 aromatic carbocycles. The molecular weight excluding hydrogens is 224 g/mol. The molecule has 3 N–H and O–H groups in total. The van der Waals surface area contributed by atoms with Gasteiger partial charge in [0.25, 0.3) is 0 Å². The van der Waals surface area contributed by atoms with Crippen LogP contribution in [0.1, 0.15) is 12.8 Å². The van der Waals surface area contributed by atoms with E-state index in [4.69, 9.17) is 22.4 Å². The summed E-state index contributed by atoms with van der Waals surface area (Å²) in [6.45, 7) is 2.17. The summed E-state index contributed by atoms with van der Waals surface area (Å²) >= 11 is 6.00. The summed E-state index contributed by atoms with van der Waals surface area (Å²) in [5, 5.41) is 9.69. The lowest BCUT2D eigenvalue weighted by Gasteiger charge is -2.33. The molecule has 0 bridgehead atoms. The van der Waals surface area contributed by atoms with E-state index in [2.05, 4.69) is 4.90 Å². The summed E-state index contributed by atoms with van der Waals surface area (Å²) in [6.07, 6.45) is 2.03. The first-order valence-electron chi connectivity index (χ1n) is 5.62. The number of nitrogen functional groups attached to an aromatic ring is 1. The Morgan fingerprint density at radius 2 is 2.06 bits per heavy atom. The zero-order valence-electron chi connectivity index (χ0n) is 9.19. The molecule has 0 saturated carbocycles. The predicted octanol–water partition coefficient (Wildman–Crippen LogP) is 2.13. The van der Waals surface area contributed by atoms with E-state index >= 15 is 0 Å². The first-order chi connectivity index (χ1) is 7.72. The topological polar surface area (TPSA) is 49.5 Å². The Bertz CT molecular complexity index is 362. The van der Waals surface area contributed by atoms with Gasteiger partial charge in [0.15, 0.2) is 0 Å². The minimum absolute atomic E-state index is 0.291. The second-order valence-electron chi connectivity index (χ2n) is 4.29. The summed E-state index contributed by atoms with van der Waals surface area (Å²) in [4.78, 5) is 2.24. The summed E-state index contributed by atoms with van der Waals surface area (Å²) in [6, 6.07) is 5.73. The lowest BCUT2D eigenvalue weighted by molar-refractivity contribution is 0.203. The van der Waals surface area contributed by atoms with Gasteiger partial charge in [-0.2, -0.15) is 0 Å². The summed E-state index contributed by atoms with van der Waals surface area (Å²) in [5.41, 5.74) is 7.63.